The summed E-state index contributed by atoms with van der Waals surface area (Å²) in [6.07, 6.45) is 3.86. The summed E-state index contributed by atoms with van der Waals surface area (Å²) in [4.78, 5) is 0. The first-order valence-electron chi connectivity index (χ1n) is 3.69. The lowest BCUT2D eigenvalue weighted by Gasteiger charge is -1.99. The van der Waals surface area contributed by atoms with E-state index in [-0.39, 0.29) is 0 Å². The van der Waals surface area contributed by atoms with E-state index in [1.54, 1.807) is 6.08 Å². The number of hydrogen-bond donors (Lipinski definition) is 0. The molecule has 1 heteroatoms. The van der Waals surface area contributed by atoms with E-state index < -0.39 is 0 Å². The van der Waals surface area contributed by atoms with Crippen molar-refractivity contribution in [3.05, 3.63) is 24.8 Å². The van der Waals surface area contributed by atoms with Crippen LogP contribution in [0.5, 0.6) is 0 Å². The molecule has 0 aromatic rings. The van der Waals surface area contributed by atoms with E-state index in [1.165, 1.54) is 0 Å². The lowest BCUT2D eigenvalue weighted by molar-refractivity contribution is 0.145. The summed E-state index contributed by atoms with van der Waals surface area (Å²) in [6.45, 7) is 11.1. The molecule has 0 unspecified atom stereocenters. The van der Waals surface area contributed by atoms with Gasteiger partial charge in [-0.05, 0) is 19.8 Å². The summed E-state index contributed by atoms with van der Waals surface area (Å²) in [5.41, 5.74) is 1.10. The molecule has 0 bridgehead atoms. The lowest BCUT2D eigenvalue weighted by Crippen LogP contribution is -1.92. The molecule has 58 valence electrons. The molecule has 10 heavy (non-hydrogen) atoms. The summed E-state index contributed by atoms with van der Waals surface area (Å²) in [6, 6.07) is 0. The molecular formula is C9H16O. The molecule has 0 saturated heterocycles. The second-order valence-corrected chi connectivity index (χ2v) is 2.16. The monoisotopic (exact) mass is 140 g/mol. The van der Waals surface area contributed by atoms with Crippen molar-refractivity contribution in [1.82, 2.24) is 0 Å². The normalized spacial score (nSPS) is 9.30. The van der Waals surface area contributed by atoms with Gasteiger partial charge >= 0.3 is 0 Å². The third kappa shape index (κ3) is 5.57. The molecule has 0 aliphatic carbocycles. The largest absolute Gasteiger partial charge is 0.382 e. The Hall–Kier alpha value is -0.560. The van der Waals surface area contributed by atoms with E-state index in [4.69, 9.17) is 4.74 Å². The van der Waals surface area contributed by atoms with Gasteiger partial charge in [-0.3, -0.25) is 0 Å². The first kappa shape index (κ1) is 9.44. The minimum absolute atomic E-state index is 0.806. The third-order valence-corrected chi connectivity index (χ3v) is 1.28. The van der Waals surface area contributed by atoms with Gasteiger partial charge in [0.15, 0.2) is 0 Å². The van der Waals surface area contributed by atoms with E-state index in [0.717, 1.165) is 31.6 Å². The van der Waals surface area contributed by atoms with Crippen LogP contribution in [-0.2, 0) is 4.74 Å². The van der Waals surface area contributed by atoms with Crippen LogP contribution in [0.1, 0.15) is 19.8 Å². The number of ether oxygens (including phenoxy) is 1. The Bertz CT molecular complexity index is 105. The van der Waals surface area contributed by atoms with E-state index in [0.29, 0.717) is 0 Å². The van der Waals surface area contributed by atoms with E-state index in [2.05, 4.69) is 13.2 Å². The zero-order chi connectivity index (χ0) is 7.82. The highest BCUT2D eigenvalue weighted by molar-refractivity contribution is 5.10. The Kier molecular flexibility index (Phi) is 6.19. The lowest BCUT2D eigenvalue weighted by atomic mass is 10.2. The molecule has 0 aromatic carbocycles. The van der Waals surface area contributed by atoms with Gasteiger partial charge < -0.3 is 4.74 Å². The molecule has 0 spiro atoms. The molecule has 0 amide bonds. The van der Waals surface area contributed by atoms with Crippen molar-refractivity contribution in [3.63, 3.8) is 0 Å². The van der Waals surface area contributed by atoms with Gasteiger partial charge in [-0.15, -0.1) is 0 Å². The van der Waals surface area contributed by atoms with E-state index >= 15 is 0 Å². The maximum Gasteiger partial charge on any atom is 0.0469 e. The molecule has 1 nitrogen and oxygen atoms in total. The van der Waals surface area contributed by atoms with Crippen LogP contribution in [0.2, 0.25) is 0 Å². The quantitative estimate of drug-likeness (QED) is 0.407. The molecule has 0 aliphatic heterocycles. The molecule has 0 N–H and O–H groups in total. The van der Waals surface area contributed by atoms with Crippen LogP contribution in [0.25, 0.3) is 0 Å². The maximum absolute atomic E-state index is 5.15. The fourth-order valence-electron chi connectivity index (χ4n) is 0.648. The van der Waals surface area contributed by atoms with Crippen molar-refractivity contribution in [2.75, 3.05) is 13.2 Å². The van der Waals surface area contributed by atoms with Gasteiger partial charge in [-0.2, -0.15) is 0 Å². The van der Waals surface area contributed by atoms with Crippen LogP contribution in [0.15, 0.2) is 24.8 Å². The number of rotatable bonds is 6. The maximum atomic E-state index is 5.15. The molecule has 0 aliphatic rings. The number of hydrogen-bond acceptors (Lipinski definition) is 1. The van der Waals surface area contributed by atoms with Crippen molar-refractivity contribution in [2.24, 2.45) is 0 Å². The third-order valence-electron chi connectivity index (χ3n) is 1.28. The highest BCUT2D eigenvalue weighted by Gasteiger charge is 1.88. The second kappa shape index (κ2) is 6.56. The SMILES string of the molecule is C=CC(=C)CCCOCC. The Balaban J connectivity index is 3.03. The van der Waals surface area contributed by atoms with Crippen LogP contribution in [0.3, 0.4) is 0 Å². The molecule has 0 radical (unpaired) electrons. The van der Waals surface area contributed by atoms with Crippen LogP contribution in [0, 0.1) is 0 Å². The first-order valence-corrected chi connectivity index (χ1v) is 3.69. The summed E-state index contributed by atoms with van der Waals surface area (Å²) in [5, 5.41) is 0. The predicted octanol–water partition coefficient (Wildman–Crippen LogP) is 2.55. The predicted molar refractivity (Wildman–Crippen MR) is 45.1 cm³/mol. The van der Waals surface area contributed by atoms with Crippen LogP contribution in [0.4, 0.5) is 0 Å². The average Bonchev–Trinajstić information content (AvgIpc) is 1.98. The van der Waals surface area contributed by atoms with Gasteiger partial charge in [0.05, 0.1) is 0 Å². The molecular weight excluding hydrogens is 124 g/mol. The van der Waals surface area contributed by atoms with Gasteiger partial charge in [-0.1, -0.05) is 24.8 Å². The van der Waals surface area contributed by atoms with Gasteiger partial charge in [0, 0.05) is 13.2 Å². The fraction of sp³-hybridized carbons (Fsp3) is 0.556. The zero-order valence-electron chi connectivity index (χ0n) is 6.73. The first-order chi connectivity index (χ1) is 4.81. The van der Waals surface area contributed by atoms with E-state index in [1.807, 2.05) is 6.92 Å². The molecule has 0 atom stereocenters. The molecule has 0 fully saturated rings. The fourth-order valence-corrected chi connectivity index (χ4v) is 0.648. The van der Waals surface area contributed by atoms with E-state index in [9.17, 15) is 0 Å². The minimum Gasteiger partial charge on any atom is -0.382 e. The van der Waals surface area contributed by atoms with Crippen molar-refractivity contribution in [3.8, 4) is 0 Å². The van der Waals surface area contributed by atoms with Crippen molar-refractivity contribution >= 4 is 0 Å². The Morgan fingerprint density at radius 2 is 2.30 bits per heavy atom. The van der Waals surface area contributed by atoms with Gasteiger partial charge in [0.25, 0.3) is 0 Å². The highest BCUT2D eigenvalue weighted by atomic mass is 16.5. The van der Waals surface area contributed by atoms with Gasteiger partial charge in [0.1, 0.15) is 0 Å². The summed E-state index contributed by atoms with van der Waals surface area (Å²) >= 11 is 0. The molecule has 0 saturated carbocycles. The van der Waals surface area contributed by atoms with Crippen LogP contribution >= 0.6 is 0 Å². The zero-order valence-corrected chi connectivity index (χ0v) is 6.73. The minimum atomic E-state index is 0.806. The van der Waals surface area contributed by atoms with Gasteiger partial charge in [-0.25, -0.2) is 0 Å². The van der Waals surface area contributed by atoms with Crippen molar-refractivity contribution in [2.45, 2.75) is 19.8 Å². The van der Waals surface area contributed by atoms with Gasteiger partial charge in [0.2, 0.25) is 0 Å². The Morgan fingerprint density at radius 1 is 1.60 bits per heavy atom. The summed E-state index contributed by atoms with van der Waals surface area (Å²) in [7, 11) is 0. The topological polar surface area (TPSA) is 9.23 Å². The Morgan fingerprint density at radius 3 is 2.80 bits per heavy atom. The van der Waals surface area contributed by atoms with Crippen LogP contribution in [-0.4, -0.2) is 13.2 Å². The van der Waals surface area contributed by atoms with Crippen molar-refractivity contribution in [1.29, 1.82) is 0 Å². The molecule has 0 aromatic heterocycles. The summed E-state index contributed by atoms with van der Waals surface area (Å²) < 4.78 is 5.15. The highest BCUT2D eigenvalue weighted by Crippen LogP contribution is 2.02. The number of allylic oxidation sites excluding steroid dienone is 2. The average molecular weight is 140 g/mol. The van der Waals surface area contributed by atoms with Crippen LogP contribution < -0.4 is 0 Å². The smallest absolute Gasteiger partial charge is 0.0469 e. The van der Waals surface area contributed by atoms with Crippen molar-refractivity contribution < 1.29 is 4.74 Å². The summed E-state index contributed by atoms with van der Waals surface area (Å²) in [5.74, 6) is 0. The standard InChI is InChI=1S/C9H16O/c1-4-9(3)7-6-8-10-5-2/h4H,1,3,5-8H2,2H3. The second-order valence-electron chi connectivity index (χ2n) is 2.16. The molecule has 0 heterocycles. The Labute approximate surface area is 63.4 Å². The molecule has 0 rings (SSSR count).